The molecule has 1 heteroatoms. The third-order valence-corrected chi connectivity index (χ3v) is 1.61. The lowest BCUT2D eigenvalue weighted by molar-refractivity contribution is 0.510. The van der Waals surface area contributed by atoms with Crippen LogP contribution in [0, 0.1) is 5.41 Å². The Morgan fingerprint density at radius 3 is 2.08 bits per heavy atom. The van der Waals surface area contributed by atoms with Crippen LogP contribution in [-0.2, 0) is 0 Å². The lowest BCUT2D eigenvalue weighted by Crippen LogP contribution is -2.15. The Hall–Kier alpha value is -0.980. The molecule has 0 aliphatic carbocycles. The Bertz CT molecular complexity index is 214. The first-order valence-electron chi connectivity index (χ1n) is 4.17. The third kappa shape index (κ3) is 3.42. The predicted molar refractivity (Wildman–Crippen MR) is 55.7 cm³/mol. The van der Waals surface area contributed by atoms with E-state index < -0.39 is 0 Å². The molecule has 0 radical (unpaired) electrons. The number of hydrogen-bond donors (Lipinski definition) is 1. The highest BCUT2D eigenvalue weighted by Crippen LogP contribution is 2.28. The molecule has 0 saturated heterocycles. The molecule has 0 spiro atoms. The number of nitrogens with two attached hydrogens (primary N) is 1. The van der Waals surface area contributed by atoms with Crippen LogP contribution < -0.4 is 5.73 Å². The standard InChI is InChI=1S/C11H19N/c1-6-7-8-10(9(2)12)11(3,4)5/h6-8H,2,12H2,1,3-5H3/b7-6-,10-8+. The van der Waals surface area contributed by atoms with E-state index in [1.807, 2.05) is 25.2 Å². The minimum atomic E-state index is 0.0747. The molecule has 0 aliphatic rings. The van der Waals surface area contributed by atoms with Crippen molar-refractivity contribution in [1.82, 2.24) is 0 Å². The second-order valence-electron chi connectivity index (χ2n) is 3.88. The monoisotopic (exact) mass is 165 g/mol. The lowest BCUT2D eigenvalue weighted by atomic mass is 9.84. The molecule has 0 atom stereocenters. The second kappa shape index (κ2) is 4.15. The van der Waals surface area contributed by atoms with E-state index >= 15 is 0 Å². The van der Waals surface area contributed by atoms with Crippen molar-refractivity contribution in [2.45, 2.75) is 27.7 Å². The van der Waals surface area contributed by atoms with E-state index in [0.717, 1.165) is 5.57 Å². The first-order valence-corrected chi connectivity index (χ1v) is 4.17. The second-order valence-corrected chi connectivity index (χ2v) is 3.88. The summed E-state index contributed by atoms with van der Waals surface area (Å²) in [6.45, 7) is 12.1. The SMILES string of the molecule is C=C(N)/C(=C\C=C/C)C(C)(C)C. The Morgan fingerprint density at radius 1 is 1.33 bits per heavy atom. The zero-order valence-corrected chi connectivity index (χ0v) is 8.52. The highest BCUT2D eigenvalue weighted by Gasteiger charge is 2.16. The van der Waals surface area contributed by atoms with Gasteiger partial charge in [0.25, 0.3) is 0 Å². The van der Waals surface area contributed by atoms with E-state index in [1.54, 1.807) is 0 Å². The molecule has 0 saturated carbocycles. The molecule has 0 aromatic rings. The van der Waals surface area contributed by atoms with E-state index in [2.05, 4.69) is 27.4 Å². The maximum absolute atomic E-state index is 5.67. The summed E-state index contributed by atoms with van der Waals surface area (Å²) in [5, 5.41) is 0. The quantitative estimate of drug-likeness (QED) is 0.625. The fourth-order valence-corrected chi connectivity index (χ4v) is 1.03. The molecular formula is C11H19N. The molecule has 0 fully saturated rings. The lowest BCUT2D eigenvalue weighted by Gasteiger charge is -2.22. The molecule has 0 rings (SSSR count). The summed E-state index contributed by atoms with van der Waals surface area (Å²) in [5.41, 5.74) is 7.49. The molecule has 0 amide bonds. The van der Waals surface area contributed by atoms with Crippen molar-refractivity contribution in [1.29, 1.82) is 0 Å². The zero-order valence-electron chi connectivity index (χ0n) is 8.52. The Kier molecular flexibility index (Phi) is 3.81. The number of allylic oxidation sites excluding steroid dienone is 4. The minimum Gasteiger partial charge on any atom is -0.399 e. The van der Waals surface area contributed by atoms with Gasteiger partial charge in [0, 0.05) is 5.70 Å². The fourth-order valence-electron chi connectivity index (χ4n) is 1.03. The van der Waals surface area contributed by atoms with Crippen LogP contribution in [-0.4, -0.2) is 0 Å². The summed E-state index contributed by atoms with van der Waals surface area (Å²) >= 11 is 0. The van der Waals surface area contributed by atoms with Gasteiger partial charge in [-0.1, -0.05) is 45.6 Å². The molecule has 0 aromatic carbocycles. The topological polar surface area (TPSA) is 26.0 Å². The van der Waals surface area contributed by atoms with E-state index in [9.17, 15) is 0 Å². The molecule has 0 heterocycles. The van der Waals surface area contributed by atoms with Gasteiger partial charge in [-0.05, 0) is 17.9 Å². The van der Waals surface area contributed by atoms with Gasteiger partial charge in [-0.15, -0.1) is 0 Å². The highest BCUT2D eigenvalue weighted by atomic mass is 14.6. The van der Waals surface area contributed by atoms with Crippen molar-refractivity contribution in [2.75, 3.05) is 0 Å². The maximum atomic E-state index is 5.67. The largest absolute Gasteiger partial charge is 0.399 e. The first-order chi connectivity index (χ1) is 5.39. The van der Waals surface area contributed by atoms with E-state index in [1.165, 1.54) is 0 Å². The van der Waals surface area contributed by atoms with E-state index in [-0.39, 0.29) is 5.41 Å². The van der Waals surface area contributed by atoms with Crippen LogP contribution >= 0.6 is 0 Å². The summed E-state index contributed by atoms with van der Waals surface area (Å²) in [4.78, 5) is 0. The average molecular weight is 165 g/mol. The molecule has 12 heavy (non-hydrogen) atoms. The van der Waals surface area contributed by atoms with Crippen LogP contribution in [0.25, 0.3) is 0 Å². The van der Waals surface area contributed by atoms with E-state index in [4.69, 9.17) is 5.73 Å². The van der Waals surface area contributed by atoms with Gasteiger partial charge < -0.3 is 5.73 Å². The molecular weight excluding hydrogens is 146 g/mol. The highest BCUT2D eigenvalue weighted by molar-refractivity contribution is 5.33. The Labute approximate surface area is 75.7 Å². The van der Waals surface area contributed by atoms with Gasteiger partial charge in [0.1, 0.15) is 0 Å². The minimum absolute atomic E-state index is 0.0747. The van der Waals surface area contributed by atoms with Crippen molar-refractivity contribution >= 4 is 0 Å². The normalized spacial score (nSPS) is 13.8. The van der Waals surface area contributed by atoms with Crippen LogP contribution in [0.3, 0.4) is 0 Å². The van der Waals surface area contributed by atoms with E-state index in [0.29, 0.717) is 5.70 Å². The predicted octanol–water partition coefficient (Wildman–Crippen LogP) is 3.01. The number of rotatable bonds is 2. The van der Waals surface area contributed by atoms with Gasteiger partial charge in [-0.25, -0.2) is 0 Å². The summed E-state index contributed by atoms with van der Waals surface area (Å²) < 4.78 is 0. The fraction of sp³-hybridized carbons (Fsp3) is 0.455. The Morgan fingerprint density at radius 2 is 1.83 bits per heavy atom. The zero-order chi connectivity index (χ0) is 9.78. The van der Waals surface area contributed by atoms with Crippen LogP contribution in [0.1, 0.15) is 27.7 Å². The molecule has 68 valence electrons. The summed E-state index contributed by atoms with van der Waals surface area (Å²) in [6.07, 6.45) is 5.98. The van der Waals surface area contributed by atoms with Gasteiger partial charge in [-0.3, -0.25) is 0 Å². The van der Waals surface area contributed by atoms with Crippen molar-refractivity contribution < 1.29 is 0 Å². The van der Waals surface area contributed by atoms with Gasteiger partial charge >= 0.3 is 0 Å². The average Bonchev–Trinajstić information content (AvgIpc) is 1.84. The molecule has 2 N–H and O–H groups in total. The van der Waals surface area contributed by atoms with Crippen molar-refractivity contribution in [3.63, 3.8) is 0 Å². The molecule has 0 unspecified atom stereocenters. The summed E-state index contributed by atoms with van der Waals surface area (Å²) in [6, 6.07) is 0. The molecule has 1 nitrogen and oxygen atoms in total. The number of hydrogen-bond acceptors (Lipinski definition) is 1. The molecule has 0 aliphatic heterocycles. The first kappa shape index (κ1) is 11.0. The summed E-state index contributed by atoms with van der Waals surface area (Å²) in [5.74, 6) is 0. The molecule has 0 aromatic heterocycles. The van der Waals surface area contributed by atoms with Crippen LogP contribution in [0.15, 0.2) is 36.1 Å². The van der Waals surface area contributed by atoms with Crippen molar-refractivity contribution in [3.8, 4) is 0 Å². The van der Waals surface area contributed by atoms with Crippen molar-refractivity contribution in [3.05, 3.63) is 36.1 Å². The maximum Gasteiger partial charge on any atom is 0.0278 e. The Balaban J connectivity index is 4.80. The van der Waals surface area contributed by atoms with Gasteiger partial charge in [-0.2, -0.15) is 0 Å². The smallest absolute Gasteiger partial charge is 0.0278 e. The van der Waals surface area contributed by atoms with Gasteiger partial charge in [0.15, 0.2) is 0 Å². The van der Waals surface area contributed by atoms with Gasteiger partial charge in [0.05, 0.1) is 0 Å². The van der Waals surface area contributed by atoms with Crippen LogP contribution in [0.5, 0.6) is 0 Å². The van der Waals surface area contributed by atoms with Gasteiger partial charge in [0.2, 0.25) is 0 Å². The molecule has 0 bridgehead atoms. The van der Waals surface area contributed by atoms with Crippen LogP contribution in [0.4, 0.5) is 0 Å². The third-order valence-electron chi connectivity index (χ3n) is 1.61. The van der Waals surface area contributed by atoms with Crippen LogP contribution in [0.2, 0.25) is 0 Å². The summed E-state index contributed by atoms with van der Waals surface area (Å²) in [7, 11) is 0. The van der Waals surface area contributed by atoms with Crippen molar-refractivity contribution in [2.24, 2.45) is 11.1 Å².